The number of rotatable bonds is 2. The van der Waals surface area contributed by atoms with E-state index in [1.54, 1.807) is 0 Å². The summed E-state index contributed by atoms with van der Waals surface area (Å²) in [5.41, 5.74) is 2.69. The van der Waals surface area contributed by atoms with Gasteiger partial charge in [-0.05, 0) is 59.4 Å². The van der Waals surface area contributed by atoms with Crippen molar-refractivity contribution in [2.45, 2.75) is 12.8 Å². The van der Waals surface area contributed by atoms with Gasteiger partial charge in [-0.2, -0.15) is 0 Å². The summed E-state index contributed by atoms with van der Waals surface area (Å²) in [5.74, 6) is 0.799. The number of fused-ring (bicyclic) bond motifs is 1. The van der Waals surface area contributed by atoms with Crippen LogP contribution in [0.25, 0.3) is 10.9 Å². The lowest BCUT2D eigenvalue weighted by Gasteiger charge is -2.09. The molecule has 1 fully saturated rings. The van der Waals surface area contributed by atoms with E-state index in [0.29, 0.717) is 0 Å². The minimum Gasteiger partial charge on any atom is -0.360 e. The molecule has 1 unspecified atom stereocenters. The van der Waals surface area contributed by atoms with E-state index in [-0.39, 0.29) is 0 Å². The van der Waals surface area contributed by atoms with Gasteiger partial charge in [-0.3, -0.25) is 0 Å². The van der Waals surface area contributed by atoms with E-state index in [4.69, 9.17) is 0 Å². The molecule has 0 bridgehead atoms. The van der Waals surface area contributed by atoms with Gasteiger partial charge in [-0.25, -0.2) is 0 Å². The highest BCUT2D eigenvalue weighted by atomic mass is 79.9. The molecule has 2 aromatic rings. The minimum atomic E-state index is 0.799. The number of aromatic amines is 1. The van der Waals surface area contributed by atoms with Crippen LogP contribution >= 0.6 is 15.9 Å². The summed E-state index contributed by atoms with van der Waals surface area (Å²) in [6, 6.07) is 6.53. The Morgan fingerprint density at radius 2 is 2.31 bits per heavy atom. The van der Waals surface area contributed by atoms with Crippen molar-refractivity contribution < 1.29 is 0 Å². The summed E-state index contributed by atoms with van der Waals surface area (Å²) >= 11 is 3.62. The Morgan fingerprint density at radius 3 is 3.12 bits per heavy atom. The van der Waals surface area contributed by atoms with Gasteiger partial charge < -0.3 is 10.3 Å². The number of hydrogen-bond acceptors (Lipinski definition) is 1. The molecule has 0 spiro atoms. The molecule has 1 aromatic carbocycles. The van der Waals surface area contributed by atoms with Gasteiger partial charge in [0.1, 0.15) is 0 Å². The third-order valence-corrected chi connectivity index (χ3v) is 4.04. The SMILES string of the molecule is Brc1c[nH]c2cccc(CC3CCNC3)c12. The van der Waals surface area contributed by atoms with Crippen LogP contribution in [-0.4, -0.2) is 18.1 Å². The van der Waals surface area contributed by atoms with Gasteiger partial charge in [0.2, 0.25) is 0 Å². The molecule has 1 saturated heterocycles. The van der Waals surface area contributed by atoms with Gasteiger partial charge in [-0.15, -0.1) is 0 Å². The maximum atomic E-state index is 3.62. The summed E-state index contributed by atoms with van der Waals surface area (Å²) < 4.78 is 1.18. The van der Waals surface area contributed by atoms with Crippen molar-refractivity contribution in [1.82, 2.24) is 10.3 Å². The fraction of sp³-hybridized carbons (Fsp3) is 0.385. The molecule has 16 heavy (non-hydrogen) atoms. The molecule has 84 valence electrons. The lowest BCUT2D eigenvalue weighted by Crippen LogP contribution is -2.10. The van der Waals surface area contributed by atoms with Crippen LogP contribution in [0.2, 0.25) is 0 Å². The second kappa shape index (κ2) is 4.22. The van der Waals surface area contributed by atoms with E-state index in [0.717, 1.165) is 5.92 Å². The van der Waals surface area contributed by atoms with Crippen molar-refractivity contribution in [3.63, 3.8) is 0 Å². The van der Waals surface area contributed by atoms with E-state index >= 15 is 0 Å². The molecule has 0 radical (unpaired) electrons. The van der Waals surface area contributed by atoms with E-state index in [1.807, 2.05) is 6.20 Å². The summed E-state index contributed by atoms with van der Waals surface area (Å²) in [6.45, 7) is 2.34. The van der Waals surface area contributed by atoms with E-state index < -0.39 is 0 Å². The molecular weight excluding hydrogens is 264 g/mol. The first-order valence-corrected chi connectivity index (χ1v) is 6.59. The van der Waals surface area contributed by atoms with Gasteiger partial charge in [0.25, 0.3) is 0 Å². The first-order chi connectivity index (χ1) is 7.84. The van der Waals surface area contributed by atoms with Gasteiger partial charge in [0.05, 0.1) is 0 Å². The Morgan fingerprint density at radius 1 is 1.38 bits per heavy atom. The van der Waals surface area contributed by atoms with Crippen molar-refractivity contribution in [1.29, 1.82) is 0 Å². The topological polar surface area (TPSA) is 27.8 Å². The molecule has 3 heteroatoms. The van der Waals surface area contributed by atoms with Crippen molar-refractivity contribution in [2.24, 2.45) is 5.92 Å². The van der Waals surface area contributed by atoms with Crippen LogP contribution in [-0.2, 0) is 6.42 Å². The average molecular weight is 279 g/mol. The molecule has 2 nitrogen and oxygen atoms in total. The summed E-state index contributed by atoms with van der Waals surface area (Å²) in [7, 11) is 0. The number of nitrogens with one attached hydrogen (secondary N) is 2. The largest absolute Gasteiger partial charge is 0.360 e. The molecule has 2 N–H and O–H groups in total. The zero-order chi connectivity index (χ0) is 11.0. The van der Waals surface area contributed by atoms with Crippen LogP contribution in [0.15, 0.2) is 28.9 Å². The van der Waals surface area contributed by atoms with E-state index in [9.17, 15) is 0 Å². The second-order valence-corrected chi connectivity index (χ2v) is 5.39. The molecule has 1 aliphatic rings. The maximum Gasteiger partial charge on any atom is 0.0468 e. The Bertz CT molecular complexity index is 498. The Labute approximate surface area is 104 Å². The number of H-pyrrole nitrogens is 1. The van der Waals surface area contributed by atoms with Gasteiger partial charge in [0.15, 0.2) is 0 Å². The smallest absolute Gasteiger partial charge is 0.0468 e. The van der Waals surface area contributed by atoms with Gasteiger partial charge in [0, 0.05) is 21.6 Å². The van der Waals surface area contributed by atoms with Crippen molar-refractivity contribution in [3.8, 4) is 0 Å². The quantitative estimate of drug-likeness (QED) is 0.868. The first-order valence-electron chi connectivity index (χ1n) is 5.80. The molecule has 1 atom stereocenters. The predicted molar refractivity (Wildman–Crippen MR) is 70.7 cm³/mol. The zero-order valence-corrected chi connectivity index (χ0v) is 10.7. The molecule has 1 aromatic heterocycles. The maximum absolute atomic E-state index is 3.62. The summed E-state index contributed by atoms with van der Waals surface area (Å²) in [6.07, 6.45) is 4.51. The molecule has 1 aliphatic heterocycles. The van der Waals surface area contributed by atoms with Crippen LogP contribution in [0.5, 0.6) is 0 Å². The molecule has 0 amide bonds. The summed E-state index contributed by atoms with van der Waals surface area (Å²) in [5, 5.41) is 4.79. The third kappa shape index (κ3) is 1.78. The van der Waals surface area contributed by atoms with Crippen LogP contribution < -0.4 is 5.32 Å². The molecule has 2 heterocycles. The molecule has 3 rings (SSSR count). The molecule has 0 saturated carbocycles. The highest BCUT2D eigenvalue weighted by Crippen LogP contribution is 2.29. The van der Waals surface area contributed by atoms with E-state index in [2.05, 4.69) is 44.4 Å². The highest BCUT2D eigenvalue weighted by Gasteiger charge is 2.16. The van der Waals surface area contributed by atoms with Gasteiger partial charge >= 0.3 is 0 Å². The fourth-order valence-corrected chi connectivity index (χ4v) is 3.17. The minimum absolute atomic E-state index is 0.799. The predicted octanol–water partition coefficient (Wildman–Crippen LogP) is 3.08. The van der Waals surface area contributed by atoms with Crippen LogP contribution in [0.1, 0.15) is 12.0 Å². The zero-order valence-electron chi connectivity index (χ0n) is 9.09. The monoisotopic (exact) mass is 278 g/mol. The lowest BCUT2D eigenvalue weighted by molar-refractivity contribution is 0.582. The normalized spacial score (nSPS) is 20.7. The number of aromatic nitrogens is 1. The van der Waals surface area contributed by atoms with Gasteiger partial charge in [-0.1, -0.05) is 12.1 Å². The van der Waals surface area contributed by atoms with Crippen molar-refractivity contribution in [3.05, 3.63) is 34.4 Å². The number of halogens is 1. The molecular formula is C13H15BrN2. The second-order valence-electron chi connectivity index (χ2n) is 4.54. The first kappa shape index (κ1) is 10.4. The third-order valence-electron chi connectivity index (χ3n) is 3.41. The highest BCUT2D eigenvalue weighted by molar-refractivity contribution is 9.10. The number of hydrogen-bond donors (Lipinski definition) is 2. The number of benzene rings is 1. The van der Waals surface area contributed by atoms with Crippen molar-refractivity contribution >= 4 is 26.8 Å². The Hall–Kier alpha value is -0.800. The Balaban J connectivity index is 1.98. The fourth-order valence-electron chi connectivity index (χ4n) is 2.59. The van der Waals surface area contributed by atoms with Crippen LogP contribution in [0.4, 0.5) is 0 Å². The standard InChI is InChI=1S/C13H15BrN2/c14-11-8-16-12-3-1-2-10(13(11)12)6-9-4-5-15-7-9/h1-3,8-9,15-16H,4-7H2. The van der Waals surface area contributed by atoms with E-state index in [1.165, 1.54) is 46.9 Å². The average Bonchev–Trinajstić information content (AvgIpc) is 2.90. The van der Waals surface area contributed by atoms with Crippen LogP contribution in [0, 0.1) is 5.92 Å². The summed E-state index contributed by atoms with van der Waals surface area (Å²) in [4.78, 5) is 3.29. The molecule has 0 aliphatic carbocycles. The van der Waals surface area contributed by atoms with Crippen molar-refractivity contribution in [2.75, 3.05) is 13.1 Å². The Kier molecular flexibility index (Phi) is 2.74. The van der Waals surface area contributed by atoms with Crippen LogP contribution in [0.3, 0.4) is 0 Å². The lowest BCUT2D eigenvalue weighted by atomic mass is 9.96.